The van der Waals surface area contributed by atoms with Gasteiger partial charge in [0.05, 0.1) is 12.8 Å². The van der Waals surface area contributed by atoms with E-state index in [0.717, 1.165) is 55.7 Å². The fourth-order valence-electron chi connectivity index (χ4n) is 3.53. The Morgan fingerprint density at radius 3 is 2.42 bits per heavy atom. The molecule has 26 heavy (non-hydrogen) atoms. The molecule has 2 aromatic rings. The average molecular weight is 371 g/mol. The maximum atomic E-state index is 5.27. The van der Waals surface area contributed by atoms with E-state index in [0.29, 0.717) is 0 Å². The first-order chi connectivity index (χ1) is 12.7. The van der Waals surface area contributed by atoms with Crippen LogP contribution in [0.25, 0.3) is 0 Å². The highest BCUT2D eigenvalue weighted by molar-refractivity contribution is 7.99. The van der Waals surface area contributed by atoms with Gasteiger partial charge in [-0.25, -0.2) is 9.97 Å². The first kappa shape index (κ1) is 17.6. The zero-order valence-electron chi connectivity index (χ0n) is 15.6. The minimum Gasteiger partial charge on any atom is -0.497 e. The molecule has 1 aromatic carbocycles. The minimum absolute atomic E-state index is 0.886. The first-order valence-corrected chi connectivity index (χ1v) is 10.2. The van der Waals surface area contributed by atoms with Crippen molar-refractivity contribution in [2.75, 3.05) is 45.2 Å². The molecule has 0 amide bonds. The number of piperazine rings is 1. The van der Waals surface area contributed by atoms with Crippen LogP contribution in [0.15, 0.2) is 34.2 Å². The van der Waals surface area contributed by atoms with Crippen molar-refractivity contribution in [2.45, 2.75) is 35.6 Å². The highest BCUT2D eigenvalue weighted by Gasteiger charge is 2.23. The molecule has 0 unspecified atom stereocenters. The zero-order valence-corrected chi connectivity index (χ0v) is 16.4. The van der Waals surface area contributed by atoms with E-state index in [1.54, 1.807) is 18.9 Å². The van der Waals surface area contributed by atoms with Crippen molar-refractivity contribution in [1.29, 1.82) is 0 Å². The van der Waals surface area contributed by atoms with Gasteiger partial charge >= 0.3 is 0 Å². The number of methoxy groups -OCH3 is 1. The molecule has 6 heteroatoms. The van der Waals surface area contributed by atoms with Gasteiger partial charge in [0.1, 0.15) is 10.8 Å². The van der Waals surface area contributed by atoms with Gasteiger partial charge in [-0.2, -0.15) is 0 Å². The van der Waals surface area contributed by atoms with Gasteiger partial charge < -0.3 is 14.5 Å². The summed E-state index contributed by atoms with van der Waals surface area (Å²) in [6.07, 6.45) is 4.64. The van der Waals surface area contributed by atoms with Crippen LogP contribution in [0.3, 0.4) is 0 Å². The lowest BCUT2D eigenvalue weighted by atomic mass is 9.97. The quantitative estimate of drug-likeness (QED) is 0.770. The Bertz CT molecular complexity index is 757. The van der Waals surface area contributed by atoms with Crippen molar-refractivity contribution in [3.8, 4) is 5.75 Å². The SMILES string of the molecule is COc1ccc(Sc2nc(N3CCN(C)CC3)nc3c2CCCC3)cc1. The monoisotopic (exact) mass is 370 g/mol. The largest absolute Gasteiger partial charge is 0.497 e. The first-order valence-electron chi connectivity index (χ1n) is 9.38. The van der Waals surface area contributed by atoms with E-state index in [4.69, 9.17) is 14.7 Å². The van der Waals surface area contributed by atoms with Crippen LogP contribution in [0, 0.1) is 0 Å². The van der Waals surface area contributed by atoms with E-state index < -0.39 is 0 Å². The second-order valence-electron chi connectivity index (χ2n) is 7.03. The number of aromatic nitrogens is 2. The minimum atomic E-state index is 0.886. The van der Waals surface area contributed by atoms with Crippen LogP contribution in [0.4, 0.5) is 5.95 Å². The lowest BCUT2D eigenvalue weighted by molar-refractivity contribution is 0.310. The van der Waals surface area contributed by atoms with Gasteiger partial charge in [0.25, 0.3) is 0 Å². The molecule has 5 nitrogen and oxygen atoms in total. The smallest absolute Gasteiger partial charge is 0.226 e. The number of hydrogen-bond acceptors (Lipinski definition) is 6. The summed E-state index contributed by atoms with van der Waals surface area (Å²) in [5.74, 6) is 1.80. The molecule has 1 aromatic heterocycles. The molecule has 2 heterocycles. The van der Waals surface area contributed by atoms with Crippen LogP contribution in [0.5, 0.6) is 5.75 Å². The molecule has 1 aliphatic heterocycles. The van der Waals surface area contributed by atoms with Crippen molar-refractivity contribution in [3.05, 3.63) is 35.5 Å². The molecule has 1 aliphatic carbocycles. The predicted molar refractivity (Wildman–Crippen MR) is 106 cm³/mol. The second-order valence-corrected chi connectivity index (χ2v) is 8.09. The van der Waals surface area contributed by atoms with E-state index >= 15 is 0 Å². The molecule has 0 atom stereocenters. The van der Waals surface area contributed by atoms with E-state index in [1.807, 2.05) is 12.1 Å². The molecule has 1 fully saturated rings. The van der Waals surface area contributed by atoms with Crippen molar-refractivity contribution >= 4 is 17.7 Å². The van der Waals surface area contributed by atoms with Crippen molar-refractivity contribution < 1.29 is 4.74 Å². The molecule has 1 saturated heterocycles. The second kappa shape index (κ2) is 7.84. The Labute approximate surface area is 159 Å². The van der Waals surface area contributed by atoms with Crippen molar-refractivity contribution in [2.24, 2.45) is 0 Å². The number of anilines is 1. The molecule has 2 aliphatic rings. The Hall–Kier alpha value is -1.79. The number of rotatable bonds is 4. The summed E-state index contributed by atoms with van der Waals surface area (Å²) in [4.78, 5) is 15.9. The highest BCUT2D eigenvalue weighted by atomic mass is 32.2. The third kappa shape index (κ3) is 3.81. The Morgan fingerprint density at radius 1 is 0.962 bits per heavy atom. The summed E-state index contributed by atoms with van der Waals surface area (Å²) in [5.41, 5.74) is 2.62. The van der Waals surface area contributed by atoms with Gasteiger partial charge in [0.15, 0.2) is 0 Å². The van der Waals surface area contributed by atoms with Crippen LogP contribution in [-0.2, 0) is 12.8 Å². The average Bonchev–Trinajstić information content (AvgIpc) is 2.69. The standard InChI is InChI=1S/C20H26N4OS/c1-23-11-13-24(14-12-23)20-21-18-6-4-3-5-17(18)19(22-20)26-16-9-7-15(25-2)8-10-16/h7-10H,3-6,11-14H2,1-2H3. The fourth-order valence-corrected chi connectivity index (χ4v) is 4.50. The summed E-state index contributed by atoms with van der Waals surface area (Å²) >= 11 is 1.76. The van der Waals surface area contributed by atoms with Gasteiger partial charge in [-0.15, -0.1) is 0 Å². The van der Waals surface area contributed by atoms with Gasteiger partial charge in [0.2, 0.25) is 5.95 Å². The number of aryl methyl sites for hydroxylation is 1. The van der Waals surface area contributed by atoms with E-state index in [-0.39, 0.29) is 0 Å². The summed E-state index contributed by atoms with van der Waals surface area (Å²) in [6.45, 7) is 4.15. The topological polar surface area (TPSA) is 41.5 Å². The van der Waals surface area contributed by atoms with Crippen LogP contribution in [-0.4, -0.2) is 55.2 Å². The molecular weight excluding hydrogens is 344 g/mol. The van der Waals surface area contributed by atoms with Gasteiger partial charge in [-0.05, 0) is 57.0 Å². The van der Waals surface area contributed by atoms with E-state index in [1.165, 1.54) is 29.0 Å². The van der Waals surface area contributed by atoms with Gasteiger partial charge in [-0.1, -0.05) is 11.8 Å². The summed E-state index contributed by atoms with van der Waals surface area (Å²) in [5, 5.41) is 1.13. The number of nitrogens with zero attached hydrogens (tertiary/aromatic N) is 4. The van der Waals surface area contributed by atoms with Gasteiger partial charge in [-0.3, -0.25) is 0 Å². The summed E-state index contributed by atoms with van der Waals surface area (Å²) in [6, 6.07) is 8.24. The molecule has 138 valence electrons. The number of benzene rings is 1. The summed E-state index contributed by atoms with van der Waals surface area (Å²) < 4.78 is 5.27. The van der Waals surface area contributed by atoms with E-state index in [2.05, 4.69) is 29.0 Å². The molecular formula is C20H26N4OS. The summed E-state index contributed by atoms with van der Waals surface area (Å²) in [7, 11) is 3.88. The number of fused-ring (bicyclic) bond motifs is 1. The Morgan fingerprint density at radius 2 is 1.69 bits per heavy atom. The number of hydrogen-bond donors (Lipinski definition) is 0. The molecule has 0 radical (unpaired) electrons. The lowest BCUT2D eigenvalue weighted by Crippen LogP contribution is -2.45. The normalized spacial score (nSPS) is 17.8. The van der Waals surface area contributed by atoms with Gasteiger partial charge in [0, 0.05) is 36.6 Å². The maximum absolute atomic E-state index is 5.27. The van der Waals surface area contributed by atoms with E-state index in [9.17, 15) is 0 Å². The fraction of sp³-hybridized carbons (Fsp3) is 0.500. The third-order valence-corrected chi connectivity index (χ3v) is 6.23. The Balaban J connectivity index is 1.64. The zero-order chi connectivity index (χ0) is 17.9. The highest BCUT2D eigenvalue weighted by Crippen LogP contribution is 2.35. The molecule has 0 saturated carbocycles. The van der Waals surface area contributed by atoms with Crippen LogP contribution in [0.1, 0.15) is 24.1 Å². The molecule has 0 spiro atoms. The molecule has 0 N–H and O–H groups in total. The van der Waals surface area contributed by atoms with Crippen molar-refractivity contribution in [3.63, 3.8) is 0 Å². The van der Waals surface area contributed by atoms with Crippen molar-refractivity contribution in [1.82, 2.24) is 14.9 Å². The van der Waals surface area contributed by atoms with Crippen LogP contribution >= 0.6 is 11.8 Å². The molecule has 0 bridgehead atoms. The molecule has 4 rings (SSSR count). The predicted octanol–water partition coefficient (Wildman–Crippen LogP) is 3.27. The van der Waals surface area contributed by atoms with Crippen LogP contribution < -0.4 is 9.64 Å². The Kier molecular flexibility index (Phi) is 5.31. The number of ether oxygens (including phenoxy) is 1. The lowest BCUT2D eigenvalue weighted by Gasteiger charge is -2.33. The van der Waals surface area contributed by atoms with Crippen LogP contribution in [0.2, 0.25) is 0 Å². The third-order valence-electron chi connectivity index (χ3n) is 5.19. The maximum Gasteiger partial charge on any atom is 0.226 e. The number of likely N-dealkylation sites (N-methyl/N-ethyl adjacent to an activating group) is 1.